The highest BCUT2D eigenvalue weighted by Gasteiger charge is 2.34. The molecule has 1 unspecified atom stereocenters. The Morgan fingerprint density at radius 3 is 2.50 bits per heavy atom. The van der Waals surface area contributed by atoms with Crippen molar-refractivity contribution < 1.29 is 4.79 Å². The van der Waals surface area contributed by atoms with Gasteiger partial charge in [0, 0.05) is 18.8 Å². The Hall–Kier alpha value is -1.36. The number of nitrogens with two attached hydrogens (primary N) is 1. The summed E-state index contributed by atoms with van der Waals surface area (Å²) in [6.45, 7) is 10.5. The zero-order valence-corrected chi connectivity index (χ0v) is 11.9. The van der Waals surface area contributed by atoms with Crippen LogP contribution in [0.25, 0.3) is 0 Å². The van der Waals surface area contributed by atoms with Crippen molar-refractivity contribution in [1.29, 1.82) is 0 Å². The van der Waals surface area contributed by atoms with Gasteiger partial charge in [-0.15, -0.1) is 0 Å². The van der Waals surface area contributed by atoms with Crippen molar-refractivity contribution in [3.63, 3.8) is 0 Å². The van der Waals surface area contributed by atoms with Crippen LogP contribution in [0.4, 0.5) is 0 Å². The van der Waals surface area contributed by atoms with Gasteiger partial charge in [0.2, 0.25) is 5.91 Å². The van der Waals surface area contributed by atoms with Gasteiger partial charge in [0.05, 0.1) is 11.2 Å². The standard InChI is InChI=1S/C13H24N4O/c1-9(2)13(5,12(14)18)15-8-11-6-7-17(16-11)10(3)4/h6-7,9-10,15H,8H2,1-5H3,(H2,14,18). The molecule has 0 spiro atoms. The molecule has 0 fully saturated rings. The first-order valence-electron chi connectivity index (χ1n) is 6.36. The smallest absolute Gasteiger partial charge is 0.237 e. The largest absolute Gasteiger partial charge is 0.368 e. The van der Waals surface area contributed by atoms with Gasteiger partial charge >= 0.3 is 0 Å². The molecule has 0 aliphatic rings. The second-order valence-electron chi connectivity index (χ2n) is 5.46. The summed E-state index contributed by atoms with van der Waals surface area (Å²) < 4.78 is 1.90. The van der Waals surface area contributed by atoms with E-state index >= 15 is 0 Å². The molecule has 1 heterocycles. The van der Waals surface area contributed by atoms with Crippen LogP contribution in [0.15, 0.2) is 12.3 Å². The number of hydrogen-bond acceptors (Lipinski definition) is 3. The highest BCUT2D eigenvalue weighted by molar-refractivity contribution is 5.84. The van der Waals surface area contributed by atoms with Crippen molar-refractivity contribution in [1.82, 2.24) is 15.1 Å². The molecule has 0 saturated heterocycles. The minimum Gasteiger partial charge on any atom is -0.368 e. The van der Waals surface area contributed by atoms with Gasteiger partial charge in [-0.25, -0.2) is 0 Å². The average molecular weight is 252 g/mol. The second kappa shape index (κ2) is 5.52. The maximum Gasteiger partial charge on any atom is 0.237 e. The summed E-state index contributed by atoms with van der Waals surface area (Å²) in [5.41, 5.74) is 5.67. The molecular formula is C13H24N4O. The fourth-order valence-corrected chi connectivity index (χ4v) is 1.61. The molecule has 3 N–H and O–H groups in total. The third-order valence-corrected chi connectivity index (χ3v) is 3.50. The lowest BCUT2D eigenvalue weighted by Gasteiger charge is -2.31. The Balaban J connectivity index is 2.70. The minimum atomic E-state index is -0.707. The van der Waals surface area contributed by atoms with E-state index in [-0.39, 0.29) is 11.8 Å². The van der Waals surface area contributed by atoms with Crippen molar-refractivity contribution >= 4 is 5.91 Å². The summed E-state index contributed by atoms with van der Waals surface area (Å²) in [4.78, 5) is 11.5. The number of amides is 1. The Morgan fingerprint density at radius 2 is 2.11 bits per heavy atom. The molecule has 0 aliphatic carbocycles. The molecular weight excluding hydrogens is 228 g/mol. The molecule has 5 heteroatoms. The molecule has 0 radical (unpaired) electrons. The lowest BCUT2D eigenvalue weighted by Crippen LogP contribution is -2.56. The lowest BCUT2D eigenvalue weighted by atomic mass is 9.87. The monoisotopic (exact) mass is 252 g/mol. The van der Waals surface area contributed by atoms with Gasteiger partial charge in [-0.3, -0.25) is 14.8 Å². The third kappa shape index (κ3) is 3.10. The summed E-state index contributed by atoms with van der Waals surface area (Å²) in [7, 11) is 0. The molecule has 18 heavy (non-hydrogen) atoms. The molecule has 1 amide bonds. The summed E-state index contributed by atoms with van der Waals surface area (Å²) in [5.74, 6) is -0.206. The van der Waals surface area contributed by atoms with Gasteiger partial charge in [-0.05, 0) is 32.8 Å². The van der Waals surface area contributed by atoms with Gasteiger partial charge in [-0.1, -0.05) is 13.8 Å². The fourth-order valence-electron chi connectivity index (χ4n) is 1.61. The first kappa shape index (κ1) is 14.7. The first-order chi connectivity index (χ1) is 8.27. The topological polar surface area (TPSA) is 72.9 Å². The van der Waals surface area contributed by atoms with E-state index in [9.17, 15) is 4.79 Å². The van der Waals surface area contributed by atoms with Crippen LogP contribution in [-0.4, -0.2) is 21.2 Å². The van der Waals surface area contributed by atoms with Crippen LogP contribution in [0.5, 0.6) is 0 Å². The molecule has 0 aliphatic heterocycles. The second-order valence-corrected chi connectivity index (χ2v) is 5.46. The van der Waals surface area contributed by atoms with Crippen molar-refractivity contribution in [3.8, 4) is 0 Å². The predicted molar refractivity (Wildman–Crippen MR) is 71.9 cm³/mol. The fraction of sp³-hybridized carbons (Fsp3) is 0.692. The molecule has 5 nitrogen and oxygen atoms in total. The van der Waals surface area contributed by atoms with Gasteiger partial charge in [0.25, 0.3) is 0 Å². The summed E-state index contributed by atoms with van der Waals surface area (Å²) in [6, 6.07) is 2.29. The SMILES string of the molecule is CC(C)n1ccc(CNC(C)(C(N)=O)C(C)C)n1. The number of hydrogen-bond donors (Lipinski definition) is 2. The van der Waals surface area contributed by atoms with Crippen LogP contribution in [-0.2, 0) is 11.3 Å². The average Bonchev–Trinajstić information content (AvgIpc) is 2.73. The van der Waals surface area contributed by atoms with Gasteiger partial charge in [0.1, 0.15) is 0 Å². The summed E-state index contributed by atoms with van der Waals surface area (Å²) in [5, 5.41) is 7.65. The zero-order chi connectivity index (χ0) is 13.9. The van der Waals surface area contributed by atoms with Crippen molar-refractivity contribution in [2.24, 2.45) is 11.7 Å². The number of carbonyl (C=O) groups excluding carboxylic acids is 1. The molecule has 0 saturated carbocycles. The molecule has 102 valence electrons. The van der Waals surface area contributed by atoms with Crippen LogP contribution < -0.4 is 11.1 Å². The summed E-state index contributed by atoms with van der Waals surface area (Å²) >= 11 is 0. The third-order valence-electron chi connectivity index (χ3n) is 3.50. The molecule has 1 aromatic heterocycles. The van der Waals surface area contributed by atoms with E-state index in [4.69, 9.17) is 5.73 Å². The predicted octanol–water partition coefficient (Wildman–Crippen LogP) is 1.45. The van der Waals surface area contributed by atoms with Crippen LogP contribution in [0.1, 0.15) is 46.4 Å². The van der Waals surface area contributed by atoms with Crippen LogP contribution >= 0.6 is 0 Å². The number of nitrogens with one attached hydrogen (secondary N) is 1. The first-order valence-corrected chi connectivity index (χ1v) is 6.36. The number of nitrogens with zero attached hydrogens (tertiary/aromatic N) is 2. The van der Waals surface area contributed by atoms with Crippen molar-refractivity contribution in [3.05, 3.63) is 18.0 Å². The molecule has 0 bridgehead atoms. The van der Waals surface area contributed by atoms with Crippen LogP contribution in [0, 0.1) is 5.92 Å². The minimum absolute atomic E-state index is 0.127. The Kier molecular flexibility index (Phi) is 4.51. The van der Waals surface area contributed by atoms with E-state index in [1.165, 1.54) is 0 Å². The maximum absolute atomic E-state index is 11.5. The maximum atomic E-state index is 11.5. The van der Waals surface area contributed by atoms with Crippen molar-refractivity contribution in [2.75, 3.05) is 0 Å². The van der Waals surface area contributed by atoms with Gasteiger partial charge < -0.3 is 5.73 Å². The summed E-state index contributed by atoms with van der Waals surface area (Å²) in [6.07, 6.45) is 1.94. The van der Waals surface area contributed by atoms with E-state index in [2.05, 4.69) is 24.3 Å². The zero-order valence-electron chi connectivity index (χ0n) is 11.9. The Labute approximate surface area is 109 Å². The number of aromatic nitrogens is 2. The Morgan fingerprint density at radius 1 is 1.50 bits per heavy atom. The van der Waals surface area contributed by atoms with E-state index in [0.29, 0.717) is 12.6 Å². The van der Waals surface area contributed by atoms with E-state index in [1.54, 1.807) is 0 Å². The highest BCUT2D eigenvalue weighted by atomic mass is 16.1. The van der Waals surface area contributed by atoms with Crippen molar-refractivity contribution in [2.45, 2.75) is 52.7 Å². The number of carbonyl (C=O) groups is 1. The molecule has 1 rings (SSSR count). The Bertz CT molecular complexity index is 411. The highest BCUT2D eigenvalue weighted by Crippen LogP contribution is 2.16. The van der Waals surface area contributed by atoms with E-state index < -0.39 is 5.54 Å². The lowest BCUT2D eigenvalue weighted by molar-refractivity contribution is -0.125. The van der Waals surface area contributed by atoms with Crippen LogP contribution in [0.3, 0.4) is 0 Å². The normalized spacial score (nSPS) is 15.1. The quantitative estimate of drug-likeness (QED) is 0.805. The molecule has 1 aromatic rings. The number of primary amides is 1. The van der Waals surface area contributed by atoms with E-state index in [0.717, 1.165) is 5.69 Å². The van der Waals surface area contributed by atoms with E-state index in [1.807, 2.05) is 37.7 Å². The number of rotatable bonds is 6. The molecule has 0 aromatic carbocycles. The van der Waals surface area contributed by atoms with Crippen LogP contribution in [0.2, 0.25) is 0 Å². The van der Waals surface area contributed by atoms with Gasteiger partial charge in [0.15, 0.2) is 0 Å². The van der Waals surface area contributed by atoms with Gasteiger partial charge in [-0.2, -0.15) is 5.10 Å². The molecule has 1 atom stereocenters.